The van der Waals surface area contributed by atoms with Crippen molar-refractivity contribution in [1.82, 2.24) is 0 Å². The fraction of sp³-hybridized carbons (Fsp3) is 0.133. The Morgan fingerprint density at radius 1 is 1.27 bits per heavy atom. The Bertz CT molecular complexity index is 752. The van der Waals surface area contributed by atoms with E-state index in [2.05, 4.69) is 21.2 Å². The molecule has 0 saturated carbocycles. The number of hydrogen-bond donors (Lipinski definition) is 2. The molecule has 2 aromatic carbocycles. The molecule has 5 nitrogen and oxygen atoms in total. The van der Waals surface area contributed by atoms with Gasteiger partial charge >= 0.3 is 0 Å². The second-order valence-corrected chi connectivity index (χ2v) is 5.63. The van der Waals surface area contributed by atoms with Crippen LogP contribution in [0.1, 0.15) is 15.9 Å². The number of primary amides is 1. The maximum absolute atomic E-state index is 13.9. The summed E-state index contributed by atoms with van der Waals surface area (Å²) in [6.45, 7) is 0.585. The number of hydrogen-bond acceptors (Lipinski definition) is 4. The molecule has 0 radical (unpaired) electrons. The Morgan fingerprint density at radius 3 is 2.82 bits per heavy atom. The zero-order valence-electron chi connectivity index (χ0n) is 11.4. The molecule has 2 aromatic rings. The lowest BCUT2D eigenvalue weighted by molar-refractivity contribution is 0.0997. The summed E-state index contributed by atoms with van der Waals surface area (Å²) < 4.78 is 24.9. The summed E-state index contributed by atoms with van der Waals surface area (Å²) in [5.41, 5.74) is 6.31. The van der Waals surface area contributed by atoms with E-state index >= 15 is 0 Å². The number of carbonyl (C=O) groups is 1. The highest BCUT2D eigenvalue weighted by atomic mass is 79.9. The van der Waals surface area contributed by atoms with E-state index in [4.69, 9.17) is 15.2 Å². The number of rotatable bonds is 4. The summed E-state index contributed by atoms with van der Waals surface area (Å²) in [5, 5.41) is 3.02. The first-order valence-corrected chi connectivity index (χ1v) is 7.25. The molecule has 1 aliphatic heterocycles. The van der Waals surface area contributed by atoms with Crippen LogP contribution in [0.5, 0.6) is 11.5 Å². The smallest absolute Gasteiger partial charge is 0.253 e. The molecule has 0 bridgehead atoms. The van der Waals surface area contributed by atoms with Crippen LogP contribution >= 0.6 is 15.9 Å². The highest BCUT2D eigenvalue weighted by Crippen LogP contribution is 2.33. The van der Waals surface area contributed by atoms with Crippen LogP contribution in [0.15, 0.2) is 34.8 Å². The number of anilines is 1. The molecule has 3 N–H and O–H groups in total. The van der Waals surface area contributed by atoms with Gasteiger partial charge in [-0.15, -0.1) is 0 Å². The predicted molar refractivity (Wildman–Crippen MR) is 82.5 cm³/mol. The van der Waals surface area contributed by atoms with Gasteiger partial charge in [0.1, 0.15) is 5.82 Å². The first-order chi connectivity index (χ1) is 10.5. The van der Waals surface area contributed by atoms with Gasteiger partial charge in [0.25, 0.3) is 5.91 Å². The lowest BCUT2D eigenvalue weighted by atomic mass is 10.1. The third kappa shape index (κ3) is 2.85. The van der Waals surface area contributed by atoms with Crippen LogP contribution in [-0.2, 0) is 6.54 Å². The minimum atomic E-state index is -0.821. The molecule has 3 rings (SSSR count). The molecular weight excluding hydrogens is 355 g/mol. The summed E-state index contributed by atoms with van der Waals surface area (Å²) >= 11 is 3.19. The quantitative estimate of drug-likeness (QED) is 0.871. The molecular formula is C15H12BrFN2O3. The van der Waals surface area contributed by atoms with E-state index in [-0.39, 0.29) is 12.4 Å². The van der Waals surface area contributed by atoms with Crippen molar-refractivity contribution < 1.29 is 18.7 Å². The Hall–Kier alpha value is -2.28. The van der Waals surface area contributed by atoms with E-state index in [0.717, 1.165) is 5.56 Å². The number of carbonyl (C=O) groups excluding carboxylic acids is 1. The van der Waals surface area contributed by atoms with Gasteiger partial charge in [0, 0.05) is 11.0 Å². The second kappa shape index (κ2) is 5.84. The summed E-state index contributed by atoms with van der Waals surface area (Å²) in [7, 11) is 0. The van der Waals surface area contributed by atoms with Crippen LogP contribution < -0.4 is 20.5 Å². The third-order valence-corrected chi connectivity index (χ3v) is 3.68. The van der Waals surface area contributed by atoms with Crippen molar-refractivity contribution in [2.45, 2.75) is 6.54 Å². The van der Waals surface area contributed by atoms with E-state index < -0.39 is 11.7 Å². The zero-order valence-corrected chi connectivity index (χ0v) is 12.9. The van der Waals surface area contributed by atoms with Crippen LogP contribution in [-0.4, -0.2) is 12.7 Å². The van der Waals surface area contributed by atoms with Gasteiger partial charge in [0.15, 0.2) is 11.5 Å². The average molecular weight is 367 g/mol. The lowest BCUT2D eigenvalue weighted by Crippen LogP contribution is -2.16. The maximum atomic E-state index is 13.9. The number of fused-ring (bicyclic) bond motifs is 1. The van der Waals surface area contributed by atoms with Crippen LogP contribution in [0.2, 0.25) is 0 Å². The number of amides is 1. The average Bonchev–Trinajstić information content (AvgIpc) is 2.91. The minimum Gasteiger partial charge on any atom is -0.454 e. The van der Waals surface area contributed by atoms with Gasteiger partial charge in [0.2, 0.25) is 6.79 Å². The highest BCUT2D eigenvalue weighted by Gasteiger charge is 2.16. The van der Waals surface area contributed by atoms with Crippen molar-refractivity contribution in [3.8, 4) is 11.5 Å². The number of benzene rings is 2. The first kappa shape index (κ1) is 14.6. The summed E-state index contributed by atoms with van der Waals surface area (Å²) in [5.74, 6) is -0.141. The Balaban J connectivity index is 1.83. The van der Waals surface area contributed by atoms with E-state index in [1.165, 1.54) is 6.07 Å². The molecule has 0 aliphatic carbocycles. The number of ether oxygens (including phenoxy) is 2. The van der Waals surface area contributed by atoms with E-state index in [9.17, 15) is 9.18 Å². The Labute approximate surface area is 134 Å². The van der Waals surface area contributed by atoms with Crippen molar-refractivity contribution in [2.24, 2.45) is 5.73 Å². The molecule has 7 heteroatoms. The van der Waals surface area contributed by atoms with E-state index in [1.54, 1.807) is 12.1 Å². The van der Waals surface area contributed by atoms with Gasteiger partial charge in [-0.1, -0.05) is 22.0 Å². The normalized spacial score (nSPS) is 12.3. The Morgan fingerprint density at radius 2 is 2.05 bits per heavy atom. The van der Waals surface area contributed by atoms with Crippen LogP contribution in [0.4, 0.5) is 10.1 Å². The van der Waals surface area contributed by atoms with E-state index in [1.807, 2.05) is 12.1 Å². The van der Waals surface area contributed by atoms with Gasteiger partial charge in [0.05, 0.1) is 11.3 Å². The standard InChI is InChI=1S/C15H12BrFN2O3/c16-9-4-10(17)14(15(18)20)11(5-9)19-6-8-1-2-12-13(3-8)22-7-21-12/h1-5,19H,6-7H2,(H2,18,20). The molecule has 0 spiro atoms. The number of nitrogens with one attached hydrogen (secondary N) is 1. The van der Waals surface area contributed by atoms with Crippen molar-refractivity contribution >= 4 is 27.5 Å². The number of nitrogens with two attached hydrogens (primary N) is 1. The minimum absolute atomic E-state index is 0.163. The Kier molecular flexibility index (Phi) is 3.89. The van der Waals surface area contributed by atoms with Gasteiger partial charge < -0.3 is 20.5 Å². The molecule has 0 unspecified atom stereocenters. The van der Waals surface area contributed by atoms with Crippen molar-refractivity contribution in [2.75, 3.05) is 12.1 Å². The molecule has 0 aromatic heterocycles. The number of halogens is 2. The van der Waals surface area contributed by atoms with Gasteiger partial charge in [-0.3, -0.25) is 4.79 Å². The van der Waals surface area contributed by atoms with Gasteiger partial charge in [-0.25, -0.2) is 4.39 Å². The van der Waals surface area contributed by atoms with E-state index in [0.29, 0.717) is 28.2 Å². The summed E-state index contributed by atoms with van der Waals surface area (Å²) in [4.78, 5) is 11.4. The zero-order chi connectivity index (χ0) is 15.7. The summed E-state index contributed by atoms with van der Waals surface area (Å²) in [6.07, 6.45) is 0. The highest BCUT2D eigenvalue weighted by molar-refractivity contribution is 9.10. The predicted octanol–water partition coefficient (Wildman–Crippen LogP) is 3.03. The molecule has 1 aliphatic rings. The molecule has 0 atom stereocenters. The van der Waals surface area contributed by atoms with Crippen molar-refractivity contribution in [3.05, 3.63) is 51.7 Å². The molecule has 0 fully saturated rings. The van der Waals surface area contributed by atoms with Crippen LogP contribution in [0.25, 0.3) is 0 Å². The lowest BCUT2D eigenvalue weighted by Gasteiger charge is -2.12. The van der Waals surface area contributed by atoms with Crippen LogP contribution in [0, 0.1) is 5.82 Å². The molecule has 1 heterocycles. The topological polar surface area (TPSA) is 73.6 Å². The second-order valence-electron chi connectivity index (χ2n) is 4.72. The summed E-state index contributed by atoms with van der Waals surface area (Å²) in [6, 6.07) is 8.30. The largest absolute Gasteiger partial charge is 0.454 e. The monoisotopic (exact) mass is 366 g/mol. The SMILES string of the molecule is NC(=O)c1c(F)cc(Br)cc1NCc1ccc2c(c1)OCO2. The molecule has 1 amide bonds. The van der Waals surface area contributed by atoms with Crippen molar-refractivity contribution in [1.29, 1.82) is 0 Å². The molecule has 114 valence electrons. The van der Waals surface area contributed by atoms with Gasteiger partial charge in [-0.2, -0.15) is 0 Å². The third-order valence-electron chi connectivity index (χ3n) is 3.22. The fourth-order valence-electron chi connectivity index (χ4n) is 2.21. The molecule has 22 heavy (non-hydrogen) atoms. The van der Waals surface area contributed by atoms with Crippen LogP contribution in [0.3, 0.4) is 0 Å². The van der Waals surface area contributed by atoms with Gasteiger partial charge in [-0.05, 0) is 29.8 Å². The fourth-order valence-corrected chi connectivity index (χ4v) is 2.64. The first-order valence-electron chi connectivity index (χ1n) is 6.46. The molecule has 0 saturated heterocycles. The van der Waals surface area contributed by atoms with Crippen molar-refractivity contribution in [3.63, 3.8) is 0 Å². The maximum Gasteiger partial charge on any atom is 0.253 e.